The smallest absolute Gasteiger partial charge is 0.234 e. The van der Waals surface area contributed by atoms with Gasteiger partial charge in [-0.25, -0.2) is 18.4 Å². The number of methoxy groups -OCH3 is 1. The molecule has 1 heterocycles. The van der Waals surface area contributed by atoms with E-state index in [1.54, 1.807) is 30.6 Å². The van der Waals surface area contributed by atoms with Crippen LogP contribution in [0.2, 0.25) is 0 Å². The van der Waals surface area contributed by atoms with Gasteiger partial charge in [0.25, 0.3) is 0 Å². The van der Waals surface area contributed by atoms with Crippen LogP contribution in [0.3, 0.4) is 0 Å². The number of thioether (sulfide) groups is 2. The lowest BCUT2D eigenvalue weighted by Crippen LogP contribution is -2.19. The second-order valence-electron chi connectivity index (χ2n) is 7.07. The summed E-state index contributed by atoms with van der Waals surface area (Å²) in [5.41, 5.74) is 3.19. The van der Waals surface area contributed by atoms with Crippen LogP contribution >= 0.6 is 23.5 Å². The zero-order valence-electron chi connectivity index (χ0n) is 18.4. The zero-order chi connectivity index (χ0) is 23.0. The van der Waals surface area contributed by atoms with E-state index in [1.165, 1.54) is 0 Å². The van der Waals surface area contributed by atoms with Gasteiger partial charge in [0.15, 0.2) is 11.6 Å². The molecule has 0 aliphatic carbocycles. The van der Waals surface area contributed by atoms with E-state index in [1.807, 2.05) is 48.7 Å². The minimum absolute atomic E-state index is 0.0277. The average Bonchev–Trinajstić information content (AvgIpc) is 2.78. The molecule has 0 bridgehead atoms. The molecule has 2 aromatic carbocycles. The highest BCUT2D eigenvalue weighted by molar-refractivity contribution is 7.98. The molecule has 0 saturated carbocycles. The molecule has 0 spiro atoms. The number of benzene rings is 2. The van der Waals surface area contributed by atoms with Crippen LogP contribution in [-0.2, 0) is 16.4 Å². The SMILES string of the molecule is COc1ccc(CCSC)c(Nc2nc3ccccc3nc2NS(=O)(=O)CCCSC)c1. The van der Waals surface area contributed by atoms with E-state index >= 15 is 0 Å². The molecular weight excluding hydrogens is 464 g/mol. The fourth-order valence-electron chi connectivity index (χ4n) is 3.11. The molecule has 0 radical (unpaired) electrons. The molecule has 0 amide bonds. The third kappa shape index (κ3) is 6.66. The largest absolute Gasteiger partial charge is 0.497 e. The molecule has 0 aliphatic rings. The highest BCUT2D eigenvalue weighted by Gasteiger charge is 2.18. The first-order chi connectivity index (χ1) is 15.5. The Hall–Kier alpha value is -2.17. The van der Waals surface area contributed by atoms with Crippen LogP contribution in [0.25, 0.3) is 11.0 Å². The van der Waals surface area contributed by atoms with Gasteiger partial charge >= 0.3 is 0 Å². The van der Waals surface area contributed by atoms with Crippen molar-refractivity contribution in [3.63, 3.8) is 0 Å². The molecule has 7 nitrogen and oxygen atoms in total. The van der Waals surface area contributed by atoms with E-state index in [4.69, 9.17) is 4.74 Å². The molecule has 0 unspecified atom stereocenters. The highest BCUT2D eigenvalue weighted by atomic mass is 32.2. The summed E-state index contributed by atoms with van der Waals surface area (Å²) in [4.78, 5) is 9.24. The van der Waals surface area contributed by atoms with Crippen LogP contribution in [0.1, 0.15) is 12.0 Å². The Kier molecular flexibility index (Phi) is 8.89. The number of rotatable bonds is 12. The number of para-hydroxylation sites is 2. The van der Waals surface area contributed by atoms with Crippen LogP contribution in [0, 0.1) is 0 Å². The lowest BCUT2D eigenvalue weighted by Gasteiger charge is -2.16. The Balaban J connectivity index is 2.01. The van der Waals surface area contributed by atoms with E-state index < -0.39 is 10.0 Å². The fraction of sp³-hybridized carbons (Fsp3) is 0.364. The number of hydrogen-bond acceptors (Lipinski definition) is 8. The van der Waals surface area contributed by atoms with Crippen molar-refractivity contribution in [1.82, 2.24) is 9.97 Å². The highest BCUT2D eigenvalue weighted by Crippen LogP contribution is 2.30. The molecule has 0 saturated heterocycles. The summed E-state index contributed by atoms with van der Waals surface area (Å²) < 4.78 is 33.4. The average molecular weight is 493 g/mol. The maximum absolute atomic E-state index is 12.7. The molecular formula is C22H28N4O3S3. The molecule has 10 heteroatoms. The zero-order valence-corrected chi connectivity index (χ0v) is 20.9. The maximum Gasteiger partial charge on any atom is 0.234 e. The van der Waals surface area contributed by atoms with Crippen LogP contribution in [0.15, 0.2) is 42.5 Å². The number of fused-ring (bicyclic) bond motifs is 1. The summed E-state index contributed by atoms with van der Waals surface area (Å²) in [6.45, 7) is 0. The lowest BCUT2D eigenvalue weighted by molar-refractivity contribution is 0.415. The lowest BCUT2D eigenvalue weighted by atomic mass is 10.1. The fourth-order valence-corrected chi connectivity index (χ4v) is 5.21. The predicted molar refractivity (Wildman–Crippen MR) is 138 cm³/mol. The van der Waals surface area contributed by atoms with Gasteiger partial charge in [-0.3, -0.25) is 4.72 Å². The number of anilines is 3. The van der Waals surface area contributed by atoms with Gasteiger partial charge < -0.3 is 10.1 Å². The predicted octanol–water partition coefficient (Wildman–Crippen LogP) is 4.78. The van der Waals surface area contributed by atoms with Gasteiger partial charge in [-0.15, -0.1) is 0 Å². The van der Waals surface area contributed by atoms with Crippen molar-refractivity contribution >= 4 is 61.9 Å². The van der Waals surface area contributed by atoms with E-state index in [2.05, 4.69) is 26.3 Å². The molecule has 0 atom stereocenters. The number of aryl methyl sites for hydroxylation is 1. The molecule has 2 N–H and O–H groups in total. The molecule has 0 aliphatic heterocycles. The van der Waals surface area contributed by atoms with Gasteiger partial charge in [0, 0.05) is 11.8 Å². The van der Waals surface area contributed by atoms with Crippen LogP contribution in [0.5, 0.6) is 5.75 Å². The first-order valence-electron chi connectivity index (χ1n) is 10.1. The number of nitrogens with zero attached hydrogens (tertiary/aromatic N) is 2. The van der Waals surface area contributed by atoms with Gasteiger partial charge in [0.05, 0.1) is 23.9 Å². The van der Waals surface area contributed by atoms with E-state index in [0.29, 0.717) is 29.0 Å². The second-order valence-corrected chi connectivity index (χ2v) is 10.9. The Morgan fingerprint density at radius 2 is 1.66 bits per heavy atom. The van der Waals surface area contributed by atoms with E-state index in [-0.39, 0.29) is 11.6 Å². The molecule has 0 fully saturated rings. The summed E-state index contributed by atoms with van der Waals surface area (Å²) in [5.74, 6) is 3.01. The van der Waals surface area contributed by atoms with Gasteiger partial charge in [0.2, 0.25) is 10.0 Å². The van der Waals surface area contributed by atoms with Crippen molar-refractivity contribution in [2.75, 3.05) is 46.9 Å². The first-order valence-corrected chi connectivity index (χ1v) is 14.6. The minimum Gasteiger partial charge on any atom is -0.497 e. The normalized spacial score (nSPS) is 11.5. The van der Waals surface area contributed by atoms with Gasteiger partial charge in [-0.05, 0) is 60.6 Å². The molecule has 3 aromatic rings. The Morgan fingerprint density at radius 1 is 0.969 bits per heavy atom. The summed E-state index contributed by atoms with van der Waals surface area (Å²) >= 11 is 3.38. The first kappa shape index (κ1) is 24.5. The third-order valence-corrected chi connectivity index (χ3v) is 7.37. The molecule has 32 heavy (non-hydrogen) atoms. The monoisotopic (exact) mass is 492 g/mol. The molecule has 1 aromatic heterocycles. The topological polar surface area (TPSA) is 93.2 Å². The van der Waals surface area contributed by atoms with Crippen molar-refractivity contribution < 1.29 is 13.2 Å². The van der Waals surface area contributed by atoms with Crippen molar-refractivity contribution in [3.8, 4) is 5.75 Å². The van der Waals surface area contributed by atoms with Crippen LogP contribution in [0.4, 0.5) is 17.3 Å². The number of aromatic nitrogens is 2. The number of sulfonamides is 1. The molecule has 3 rings (SSSR count). The summed E-state index contributed by atoms with van der Waals surface area (Å²) in [6, 6.07) is 13.2. The maximum atomic E-state index is 12.7. The van der Waals surface area contributed by atoms with Crippen molar-refractivity contribution in [2.45, 2.75) is 12.8 Å². The number of ether oxygens (including phenoxy) is 1. The minimum atomic E-state index is -3.56. The van der Waals surface area contributed by atoms with Crippen LogP contribution in [-0.4, -0.2) is 55.3 Å². The second kappa shape index (κ2) is 11.6. The standard InChI is InChI=1S/C22H28N4O3S3/c1-29-17-10-9-16(11-13-31-3)20(15-17)25-21-22(26-32(27,28)14-6-12-30-2)24-19-8-5-4-7-18(19)23-21/h4-5,7-10,15H,6,11-14H2,1-3H3,(H,23,25)(H,24,26). The van der Waals surface area contributed by atoms with Crippen molar-refractivity contribution in [3.05, 3.63) is 48.0 Å². The van der Waals surface area contributed by atoms with Crippen molar-refractivity contribution in [2.24, 2.45) is 0 Å². The summed E-state index contributed by atoms with van der Waals surface area (Å²) in [5, 5.41) is 3.31. The Labute approximate surface area is 198 Å². The van der Waals surface area contributed by atoms with E-state index in [0.717, 1.165) is 29.2 Å². The Bertz CT molecular complexity index is 1160. The summed E-state index contributed by atoms with van der Waals surface area (Å²) in [7, 11) is -1.95. The summed E-state index contributed by atoms with van der Waals surface area (Å²) in [6.07, 6.45) is 5.44. The van der Waals surface area contributed by atoms with Crippen molar-refractivity contribution in [1.29, 1.82) is 0 Å². The van der Waals surface area contributed by atoms with E-state index in [9.17, 15) is 8.42 Å². The quantitative estimate of drug-likeness (QED) is 0.349. The van der Waals surface area contributed by atoms with Gasteiger partial charge in [-0.2, -0.15) is 23.5 Å². The third-order valence-electron chi connectivity index (χ3n) is 4.73. The molecule has 172 valence electrons. The Morgan fingerprint density at radius 3 is 2.31 bits per heavy atom. The number of nitrogens with one attached hydrogen (secondary N) is 2. The van der Waals surface area contributed by atoms with Crippen LogP contribution < -0.4 is 14.8 Å². The number of hydrogen-bond donors (Lipinski definition) is 2. The van der Waals surface area contributed by atoms with Gasteiger partial charge in [-0.1, -0.05) is 18.2 Å². The van der Waals surface area contributed by atoms with Gasteiger partial charge in [0.1, 0.15) is 5.75 Å².